The normalized spacial score (nSPS) is 14.5. The van der Waals surface area contributed by atoms with Crippen molar-refractivity contribution < 1.29 is 0 Å². The molecule has 0 saturated carbocycles. The summed E-state index contributed by atoms with van der Waals surface area (Å²) in [5.41, 5.74) is 4.78. The van der Waals surface area contributed by atoms with E-state index < -0.39 is 0 Å². The molecule has 0 amide bonds. The molecule has 1 aromatic rings. The Kier molecular flexibility index (Phi) is 5.73. The van der Waals surface area contributed by atoms with Crippen LogP contribution in [0.3, 0.4) is 0 Å². The van der Waals surface area contributed by atoms with Crippen LogP contribution in [-0.2, 0) is 19.3 Å². The van der Waals surface area contributed by atoms with Crippen molar-refractivity contribution in [2.24, 2.45) is 0 Å². The van der Waals surface area contributed by atoms with E-state index in [1.807, 2.05) is 0 Å². The second kappa shape index (κ2) is 7.58. The molecule has 0 aromatic heterocycles. The van der Waals surface area contributed by atoms with Crippen LogP contribution in [-0.4, -0.2) is 13.1 Å². The zero-order valence-corrected chi connectivity index (χ0v) is 11.8. The largest absolute Gasteiger partial charge is 0.317 e. The molecule has 0 fully saturated rings. The molecule has 1 aliphatic rings. The van der Waals surface area contributed by atoms with Gasteiger partial charge in [0.05, 0.1) is 0 Å². The Morgan fingerprint density at radius 2 is 1.83 bits per heavy atom. The topological polar surface area (TPSA) is 12.0 Å². The average Bonchev–Trinajstić information content (AvgIpc) is 2.42. The van der Waals surface area contributed by atoms with Gasteiger partial charge >= 0.3 is 0 Å². The minimum atomic E-state index is 1.17. The Morgan fingerprint density at radius 1 is 1.00 bits per heavy atom. The molecule has 2 rings (SSSR count). The fraction of sp³-hybridized carbons (Fsp3) is 0.647. The zero-order valence-electron chi connectivity index (χ0n) is 11.8. The molecular weight excluding hydrogens is 218 g/mol. The predicted octanol–water partition coefficient (Wildman–Crippen LogP) is 3.89. The first-order valence-electron chi connectivity index (χ1n) is 7.71. The van der Waals surface area contributed by atoms with Gasteiger partial charge in [-0.15, -0.1) is 0 Å². The van der Waals surface area contributed by atoms with Crippen molar-refractivity contribution in [2.45, 2.75) is 58.3 Å². The molecule has 0 spiro atoms. The van der Waals surface area contributed by atoms with Crippen LogP contribution >= 0.6 is 0 Å². The molecule has 0 bridgehead atoms. The highest BCUT2D eigenvalue weighted by molar-refractivity contribution is 5.33. The van der Waals surface area contributed by atoms with Crippen molar-refractivity contribution in [2.75, 3.05) is 13.1 Å². The van der Waals surface area contributed by atoms with E-state index in [1.54, 1.807) is 16.7 Å². The van der Waals surface area contributed by atoms with Gasteiger partial charge in [-0.1, -0.05) is 25.1 Å². The number of rotatable bonds is 7. The third kappa shape index (κ3) is 4.13. The maximum Gasteiger partial charge on any atom is -0.00488 e. The summed E-state index contributed by atoms with van der Waals surface area (Å²) in [7, 11) is 0. The highest BCUT2D eigenvalue weighted by atomic mass is 14.8. The van der Waals surface area contributed by atoms with Gasteiger partial charge < -0.3 is 5.32 Å². The fourth-order valence-electron chi connectivity index (χ4n) is 2.82. The molecule has 0 aliphatic heterocycles. The molecule has 1 heteroatoms. The number of hydrogen-bond acceptors (Lipinski definition) is 1. The third-order valence-corrected chi connectivity index (χ3v) is 3.91. The summed E-state index contributed by atoms with van der Waals surface area (Å²) in [5, 5.41) is 3.47. The first-order valence-corrected chi connectivity index (χ1v) is 7.71. The monoisotopic (exact) mass is 245 g/mol. The highest BCUT2D eigenvalue weighted by Crippen LogP contribution is 2.22. The number of hydrogen-bond donors (Lipinski definition) is 1. The Bertz CT molecular complexity index is 357. The van der Waals surface area contributed by atoms with Crippen molar-refractivity contribution in [1.29, 1.82) is 0 Å². The third-order valence-electron chi connectivity index (χ3n) is 3.91. The molecule has 0 saturated heterocycles. The molecule has 0 unspecified atom stereocenters. The van der Waals surface area contributed by atoms with Crippen molar-refractivity contribution in [3.05, 3.63) is 34.9 Å². The maximum atomic E-state index is 3.47. The number of unbranched alkanes of at least 4 members (excludes halogenated alkanes) is 1. The summed E-state index contributed by atoms with van der Waals surface area (Å²) >= 11 is 0. The minimum Gasteiger partial charge on any atom is -0.317 e. The quantitative estimate of drug-likeness (QED) is 0.719. The Balaban J connectivity index is 1.72. The standard InChI is InChI=1S/C17H27N/c1-2-12-18-13-6-5-7-15-10-11-16-8-3-4-9-17(16)14-15/h10-11,14,18H,2-9,12-13H2,1H3. The number of aryl methyl sites for hydroxylation is 3. The molecule has 100 valence electrons. The Labute approximate surface area is 112 Å². The lowest BCUT2D eigenvalue weighted by Crippen LogP contribution is -2.15. The van der Waals surface area contributed by atoms with Crippen molar-refractivity contribution >= 4 is 0 Å². The molecule has 0 atom stereocenters. The van der Waals surface area contributed by atoms with Crippen LogP contribution in [0.1, 0.15) is 55.7 Å². The molecule has 0 radical (unpaired) electrons. The van der Waals surface area contributed by atoms with E-state index in [0.717, 1.165) is 0 Å². The SMILES string of the molecule is CCCNCCCCc1ccc2c(c1)CCCC2. The van der Waals surface area contributed by atoms with Gasteiger partial charge in [0.1, 0.15) is 0 Å². The molecule has 1 aromatic carbocycles. The highest BCUT2D eigenvalue weighted by Gasteiger charge is 2.08. The van der Waals surface area contributed by atoms with E-state index in [-0.39, 0.29) is 0 Å². The van der Waals surface area contributed by atoms with Crippen LogP contribution in [0, 0.1) is 0 Å². The van der Waals surface area contributed by atoms with Crippen LogP contribution in [0.5, 0.6) is 0 Å². The lowest BCUT2D eigenvalue weighted by Gasteiger charge is -2.16. The summed E-state index contributed by atoms with van der Waals surface area (Å²) in [6.07, 6.45) is 10.5. The molecule has 1 aliphatic carbocycles. The molecular formula is C17H27N. The van der Waals surface area contributed by atoms with E-state index in [4.69, 9.17) is 0 Å². The van der Waals surface area contributed by atoms with E-state index in [1.165, 1.54) is 64.5 Å². The minimum absolute atomic E-state index is 1.17. The van der Waals surface area contributed by atoms with Crippen LogP contribution in [0.25, 0.3) is 0 Å². The van der Waals surface area contributed by atoms with Crippen LogP contribution in [0.15, 0.2) is 18.2 Å². The Morgan fingerprint density at radius 3 is 2.67 bits per heavy atom. The summed E-state index contributed by atoms with van der Waals surface area (Å²) in [4.78, 5) is 0. The van der Waals surface area contributed by atoms with E-state index >= 15 is 0 Å². The molecule has 18 heavy (non-hydrogen) atoms. The molecule has 0 heterocycles. The lowest BCUT2D eigenvalue weighted by molar-refractivity contribution is 0.616. The molecule has 1 N–H and O–H groups in total. The number of benzene rings is 1. The van der Waals surface area contributed by atoms with Crippen molar-refractivity contribution in [3.8, 4) is 0 Å². The first-order chi connectivity index (χ1) is 8.90. The van der Waals surface area contributed by atoms with Gasteiger partial charge in [-0.25, -0.2) is 0 Å². The zero-order chi connectivity index (χ0) is 12.6. The number of fused-ring (bicyclic) bond motifs is 1. The lowest BCUT2D eigenvalue weighted by atomic mass is 9.89. The predicted molar refractivity (Wildman–Crippen MR) is 79.2 cm³/mol. The first kappa shape index (κ1) is 13.6. The smallest absolute Gasteiger partial charge is 0.00488 e. The van der Waals surface area contributed by atoms with Gasteiger partial charge in [-0.2, -0.15) is 0 Å². The summed E-state index contributed by atoms with van der Waals surface area (Å²) in [6, 6.07) is 7.19. The van der Waals surface area contributed by atoms with Gasteiger partial charge in [0.15, 0.2) is 0 Å². The van der Waals surface area contributed by atoms with Crippen LogP contribution in [0.2, 0.25) is 0 Å². The van der Waals surface area contributed by atoms with E-state index in [0.29, 0.717) is 0 Å². The van der Waals surface area contributed by atoms with E-state index in [2.05, 4.69) is 30.4 Å². The van der Waals surface area contributed by atoms with Gasteiger partial charge in [0.2, 0.25) is 0 Å². The van der Waals surface area contributed by atoms with Gasteiger partial charge in [0.25, 0.3) is 0 Å². The van der Waals surface area contributed by atoms with Gasteiger partial charge in [-0.3, -0.25) is 0 Å². The number of nitrogens with one attached hydrogen (secondary N) is 1. The van der Waals surface area contributed by atoms with E-state index in [9.17, 15) is 0 Å². The summed E-state index contributed by atoms with van der Waals surface area (Å²) in [6.45, 7) is 4.57. The Hall–Kier alpha value is -0.820. The van der Waals surface area contributed by atoms with Gasteiger partial charge in [-0.05, 0) is 81.1 Å². The van der Waals surface area contributed by atoms with Crippen LogP contribution in [0.4, 0.5) is 0 Å². The summed E-state index contributed by atoms with van der Waals surface area (Å²) < 4.78 is 0. The maximum absolute atomic E-state index is 3.47. The molecule has 1 nitrogen and oxygen atoms in total. The second-order valence-electron chi connectivity index (χ2n) is 5.52. The van der Waals surface area contributed by atoms with Crippen LogP contribution < -0.4 is 5.32 Å². The fourth-order valence-corrected chi connectivity index (χ4v) is 2.82. The average molecular weight is 245 g/mol. The van der Waals surface area contributed by atoms with Crippen molar-refractivity contribution in [3.63, 3.8) is 0 Å². The second-order valence-corrected chi connectivity index (χ2v) is 5.52. The summed E-state index contributed by atoms with van der Waals surface area (Å²) in [5.74, 6) is 0. The van der Waals surface area contributed by atoms with Crippen molar-refractivity contribution in [1.82, 2.24) is 5.32 Å². The van der Waals surface area contributed by atoms with Gasteiger partial charge in [0, 0.05) is 0 Å².